The number of hydrogen-bond donors (Lipinski definition) is 2. The predicted molar refractivity (Wildman–Crippen MR) is 48.7 cm³/mol. The Morgan fingerprint density at radius 1 is 1.58 bits per heavy atom. The Morgan fingerprint density at radius 3 is 2.75 bits per heavy atom. The fraction of sp³-hybridized carbons (Fsp3) is 0. The van der Waals surface area contributed by atoms with Gasteiger partial charge in [-0.2, -0.15) is 8.42 Å². The van der Waals surface area contributed by atoms with E-state index < -0.39 is 10.2 Å². The van der Waals surface area contributed by atoms with Crippen molar-refractivity contribution in [3.05, 3.63) is 22.9 Å². The van der Waals surface area contributed by atoms with Crippen molar-refractivity contribution >= 4 is 31.8 Å². The molecule has 0 unspecified atom stereocenters. The summed E-state index contributed by atoms with van der Waals surface area (Å²) in [5, 5.41) is 4.74. The van der Waals surface area contributed by atoms with Crippen LogP contribution in [0.15, 0.2) is 22.9 Å². The Labute approximate surface area is 78.3 Å². The van der Waals surface area contributed by atoms with Crippen LogP contribution in [0.2, 0.25) is 0 Å². The van der Waals surface area contributed by atoms with Crippen molar-refractivity contribution in [2.45, 2.75) is 0 Å². The van der Waals surface area contributed by atoms with Gasteiger partial charge in [0.25, 0.3) is 10.2 Å². The number of anilines is 1. The van der Waals surface area contributed by atoms with Gasteiger partial charge < -0.3 is 0 Å². The van der Waals surface area contributed by atoms with E-state index in [2.05, 4.69) is 25.6 Å². The van der Waals surface area contributed by atoms with Gasteiger partial charge in [0, 0.05) is 6.20 Å². The maximum atomic E-state index is 10.5. The lowest BCUT2D eigenvalue weighted by Gasteiger charge is -2.01. The average molecular weight is 252 g/mol. The Morgan fingerprint density at radius 2 is 2.25 bits per heavy atom. The molecule has 5 nitrogen and oxygen atoms in total. The normalized spacial score (nSPS) is 11.2. The lowest BCUT2D eigenvalue weighted by molar-refractivity contribution is 0.603. The molecule has 0 saturated heterocycles. The Bertz CT molecular complexity index is 378. The first-order valence-electron chi connectivity index (χ1n) is 2.89. The van der Waals surface area contributed by atoms with Crippen molar-refractivity contribution < 1.29 is 8.42 Å². The predicted octanol–water partition coefficient (Wildman–Crippen LogP) is 0.459. The zero-order valence-corrected chi connectivity index (χ0v) is 8.26. The van der Waals surface area contributed by atoms with E-state index in [1.807, 2.05) is 0 Å². The molecule has 1 rings (SSSR count). The number of nitrogens with two attached hydrogens (primary N) is 1. The second-order valence-corrected chi connectivity index (χ2v) is 4.12. The summed E-state index contributed by atoms with van der Waals surface area (Å²) in [4.78, 5) is 3.81. The van der Waals surface area contributed by atoms with E-state index in [4.69, 9.17) is 5.14 Å². The number of nitrogens with zero attached hydrogens (tertiary/aromatic N) is 1. The summed E-state index contributed by atoms with van der Waals surface area (Å²) in [6.07, 6.45) is 1.46. The summed E-state index contributed by atoms with van der Waals surface area (Å²) in [6.45, 7) is 0. The van der Waals surface area contributed by atoms with Gasteiger partial charge in [0.2, 0.25) is 0 Å². The summed E-state index contributed by atoms with van der Waals surface area (Å²) in [5.74, 6) is 0. The number of hydrogen-bond acceptors (Lipinski definition) is 3. The first-order chi connectivity index (χ1) is 5.47. The van der Waals surface area contributed by atoms with E-state index in [0.717, 1.165) is 0 Å². The molecule has 1 heterocycles. The van der Waals surface area contributed by atoms with Crippen LogP contribution in [0.3, 0.4) is 0 Å². The largest absolute Gasteiger partial charge is 0.296 e. The van der Waals surface area contributed by atoms with Crippen LogP contribution in [0, 0.1) is 0 Å². The van der Waals surface area contributed by atoms with E-state index >= 15 is 0 Å². The lowest BCUT2D eigenvalue weighted by atomic mass is 10.4. The van der Waals surface area contributed by atoms with Crippen molar-refractivity contribution in [3.8, 4) is 0 Å². The maximum Gasteiger partial charge on any atom is 0.296 e. The molecular weight excluding hydrogens is 246 g/mol. The van der Waals surface area contributed by atoms with Gasteiger partial charge >= 0.3 is 0 Å². The maximum absolute atomic E-state index is 10.5. The first-order valence-corrected chi connectivity index (χ1v) is 5.23. The average Bonchev–Trinajstić information content (AvgIpc) is 1.82. The number of nitrogens with one attached hydrogen (secondary N) is 1. The summed E-state index contributed by atoms with van der Waals surface area (Å²) in [5.41, 5.74) is 0.374. The molecule has 0 atom stereocenters. The van der Waals surface area contributed by atoms with E-state index in [1.165, 1.54) is 18.3 Å². The minimum atomic E-state index is -3.69. The molecular formula is C5H6BrN3O2S. The fourth-order valence-electron chi connectivity index (χ4n) is 0.630. The van der Waals surface area contributed by atoms with Crippen LogP contribution in [0.4, 0.5) is 5.69 Å². The molecule has 0 aliphatic rings. The van der Waals surface area contributed by atoms with Gasteiger partial charge in [-0.05, 0) is 28.1 Å². The summed E-state index contributed by atoms with van der Waals surface area (Å²) in [7, 11) is -3.69. The molecule has 0 aliphatic heterocycles. The molecule has 1 aromatic rings. The molecule has 3 N–H and O–H groups in total. The van der Waals surface area contributed by atoms with Crippen LogP contribution in [-0.4, -0.2) is 13.4 Å². The van der Waals surface area contributed by atoms with Crippen molar-refractivity contribution in [3.63, 3.8) is 0 Å². The van der Waals surface area contributed by atoms with E-state index in [9.17, 15) is 8.42 Å². The SMILES string of the molecule is NS(=O)(=O)Nc1ccnc(Br)c1. The monoisotopic (exact) mass is 251 g/mol. The second-order valence-electron chi connectivity index (χ2n) is 2.01. The molecule has 1 aromatic heterocycles. The Kier molecular flexibility index (Phi) is 2.65. The smallest absolute Gasteiger partial charge is 0.271 e. The second kappa shape index (κ2) is 3.38. The minimum absolute atomic E-state index is 0.374. The topological polar surface area (TPSA) is 85.1 Å². The highest BCUT2D eigenvalue weighted by Crippen LogP contribution is 2.12. The molecule has 0 aromatic carbocycles. The quantitative estimate of drug-likeness (QED) is 0.750. The van der Waals surface area contributed by atoms with Gasteiger partial charge in [-0.25, -0.2) is 10.1 Å². The van der Waals surface area contributed by atoms with Gasteiger partial charge in [0.1, 0.15) is 4.60 Å². The third-order valence-electron chi connectivity index (χ3n) is 0.987. The minimum Gasteiger partial charge on any atom is -0.271 e. The van der Waals surface area contributed by atoms with Gasteiger partial charge in [-0.15, -0.1) is 0 Å². The number of rotatable bonds is 2. The molecule has 0 bridgehead atoms. The summed E-state index contributed by atoms with van der Waals surface area (Å²) in [6, 6.07) is 3.00. The van der Waals surface area contributed by atoms with Crippen molar-refractivity contribution in [1.29, 1.82) is 0 Å². The molecule has 12 heavy (non-hydrogen) atoms. The molecule has 0 aliphatic carbocycles. The van der Waals surface area contributed by atoms with Crippen molar-refractivity contribution in [2.24, 2.45) is 5.14 Å². The van der Waals surface area contributed by atoms with E-state index in [-0.39, 0.29) is 0 Å². The first kappa shape index (κ1) is 9.43. The highest BCUT2D eigenvalue weighted by atomic mass is 79.9. The zero-order chi connectivity index (χ0) is 9.19. The number of aromatic nitrogens is 1. The van der Waals surface area contributed by atoms with Crippen LogP contribution >= 0.6 is 15.9 Å². The van der Waals surface area contributed by atoms with Crippen LogP contribution in [-0.2, 0) is 10.2 Å². The molecule has 0 spiro atoms. The number of pyridine rings is 1. The zero-order valence-electron chi connectivity index (χ0n) is 5.86. The number of halogens is 1. The fourth-order valence-corrected chi connectivity index (χ4v) is 1.45. The van der Waals surface area contributed by atoms with Crippen molar-refractivity contribution in [2.75, 3.05) is 4.72 Å². The van der Waals surface area contributed by atoms with Crippen molar-refractivity contribution in [1.82, 2.24) is 4.98 Å². The Hall–Kier alpha value is -0.660. The van der Waals surface area contributed by atoms with Crippen LogP contribution in [0.5, 0.6) is 0 Å². The summed E-state index contributed by atoms with van der Waals surface area (Å²) < 4.78 is 23.7. The molecule has 0 saturated carbocycles. The molecule has 0 fully saturated rings. The van der Waals surface area contributed by atoms with Gasteiger partial charge in [0.05, 0.1) is 5.69 Å². The molecule has 66 valence electrons. The third-order valence-corrected chi connectivity index (χ3v) is 1.94. The third kappa shape index (κ3) is 3.16. The lowest BCUT2D eigenvalue weighted by Crippen LogP contribution is -2.21. The molecule has 0 amide bonds. The van der Waals surface area contributed by atoms with Crippen LogP contribution < -0.4 is 9.86 Å². The standard InChI is InChI=1S/C5H6BrN3O2S/c6-5-3-4(1-2-8-5)9-12(7,10)11/h1-3H,(H,8,9)(H2,7,10,11). The van der Waals surface area contributed by atoms with Gasteiger partial charge in [-0.3, -0.25) is 4.72 Å². The van der Waals surface area contributed by atoms with Gasteiger partial charge in [-0.1, -0.05) is 0 Å². The highest BCUT2D eigenvalue weighted by molar-refractivity contribution is 9.10. The van der Waals surface area contributed by atoms with E-state index in [0.29, 0.717) is 10.3 Å². The van der Waals surface area contributed by atoms with E-state index in [1.54, 1.807) is 0 Å². The highest BCUT2D eigenvalue weighted by Gasteiger charge is 2.01. The van der Waals surface area contributed by atoms with Gasteiger partial charge in [0.15, 0.2) is 0 Å². The molecule has 7 heteroatoms. The summed E-state index contributed by atoms with van der Waals surface area (Å²) >= 11 is 3.08. The van der Waals surface area contributed by atoms with Crippen LogP contribution in [0.25, 0.3) is 0 Å². The van der Waals surface area contributed by atoms with Crippen LogP contribution in [0.1, 0.15) is 0 Å². The Balaban J connectivity index is 2.91. The molecule has 0 radical (unpaired) electrons.